The van der Waals surface area contributed by atoms with Crippen molar-refractivity contribution in [1.82, 2.24) is 16.0 Å². The second kappa shape index (κ2) is 16.5. The first-order chi connectivity index (χ1) is 18.6. The number of benzene rings is 1. The molecule has 11 heteroatoms. The van der Waals surface area contributed by atoms with Crippen molar-refractivity contribution in [2.75, 3.05) is 0 Å². The molecule has 1 rings (SSSR count). The summed E-state index contributed by atoms with van der Waals surface area (Å²) in [6.07, 6.45) is -0.100. The van der Waals surface area contributed by atoms with Gasteiger partial charge in [-0.2, -0.15) is 0 Å². The molecule has 4 amide bonds. The molecule has 0 spiro atoms. The molecule has 4 atom stereocenters. The lowest BCUT2D eigenvalue weighted by atomic mass is 9.96. The number of alkyl carbamates (subject to hydrolysis) is 1. The van der Waals surface area contributed by atoms with Crippen LogP contribution in [0.25, 0.3) is 0 Å². The first-order valence-electron chi connectivity index (χ1n) is 13.7. The summed E-state index contributed by atoms with van der Waals surface area (Å²) in [4.78, 5) is 63.1. The van der Waals surface area contributed by atoms with E-state index in [0.717, 1.165) is 5.56 Å². The summed E-state index contributed by atoms with van der Waals surface area (Å²) in [5, 5.41) is 7.88. The van der Waals surface area contributed by atoms with Crippen LogP contribution in [0.3, 0.4) is 0 Å². The number of amides is 4. The lowest BCUT2D eigenvalue weighted by molar-refractivity contribution is -0.145. The number of hydrogen-bond donors (Lipinski definition) is 4. The highest BCUT2D eigenvalue weighted by Crippen LogP contribution is 2.13. The van der Waals surface area contributed by atoms with Gasteiger partial charge < -0.3 is 31.2 Å². The molecule has 1 aromatic carbocycles. The minimum atomic E-state index is -1.14. The van der Waals surface area contributed by atoms with Gasteiger partial charge in [-0.3, -0.25) is 19.2 Å². The zero-order chi connectivity index (χ0) is 30.5. The summed E-state index contributed by atoms with van der Waals surface area (Å²) in [5.74, 6) is -2.78. The Balaban J connectivity index is 2.87. The normalized spacial score (nSPS) is 14.3. The average molecular weight is 563 g/mol. The van der Waals surface area contributed by atoms with Gasteiger partial charge in [0.2, 0.25) is 17.7 Å². The van der Waals surface area contributed by atoms with Crippen molar-refractivity contribution in [2.24, 2.45) is 17.6 Å². The first kappa shape index (κ1) is 34.4. The fraction of sp³-hybridized carbons (Fsp3) is 0.621. The molecule has 224 valence electrons. The van der Waals surface area contributed by atoms with Crippen LogP contribution in [-0.4, -0.2) is 53.5 Å². The van der Waals surface area contributed by atoms with Gasteiger partial charge in [0.05, 0.1) is 0 Å². The molecule has 0 heterocycles. The van der Waals surface area contributed by atoms with Crippen LogP contribution in [0.5, 0.6) is 0 Å². The topological polar surface area (TPSA) is 166 Å². The van der Waals surface area contributed by atoms with Gasteiger partial charge >= 0.3 is 12.1 Å². The maximum absolute atomic E-state index is 13.3. The summed E-state index contributed by atoms with van der Waals surface area (Å²) >= 11 is 0. The standard InChI is InChI=1S/C29H46N4O7/c1-8-19(4)24(33-28(38)40-29(5,6)7)27(37)32-22(16-18(2)3)26(36)31-21(25(30)35)14-15-23(34)39-17-20-12-10-9-11-13-20/h9-13,18-19,21-22,24H,8,14-17H2,1-7H3,(H2,30,35)(H,31,36)(H,32,37)(H,33,38)/t19-,21-,22+,24-/m0/s1. The van der Waals surface area contributed by atoms with E-state index in [1.165, 1.54) is 0 Å². The summed E-state index contributed by atoms with van der Waals surface area (Å²) in [5.41, 5.74) is 5.56. The zero-order valence-corrected chi connectivity index (χ0v) is 24.7. The third-order valence-electron chi connectivity index (χ3n) is 6.05. The first-order valence-corrected chi connectivity index (χ1v) is 13.7. The Hall–Kier alpha value is -3.63. The molecule has 0 fully saturated rings. The van der Waals surface area contributed by atoms with Gasteiger partial charge in [0.25, 0.3) is 0 Å². The molecule has 40 heavy (non-hydrogen) atoms. The van der Waals surface area contributed by atoms with Crippen LogP contribution >= 0.6 is 0 Å². The number of nitrogens with two attached hydrogens (primary N) is 1. The third-order valence-corrected chi connectivity index (χ3v) is 6.05. The van der Waals surface area contributed by atoms with Crippen molar-refractivity contribution in [1.29, 1.82) is 0 Å². The summed E-state index contributed by atoms with van der Waals surface area (Å²) in [7, 11) is 0. The molecular weight excluding hydrogens is 516 g/mol. The Kier molecular flexibility index (Phi) is 14.2. The number of ether oxygens (including phenoxy) is 2. The van der Waals surface area contributed by atoms with Gasteiger partial charge in [-0.25, -0.2) is 4.79 Å². The molecule has 0 unspecified atom stereocenters. The van der Waals surface area contributed by atoms with Crippen LogP contribution in [-0.2, 0) is 35.3 Å². The highest BCUT2D eigenvalue weighted by Gasteiger charge is 2.32. The molecule has 11 nitrogen and oxygen atoms in total. The summed E-state index contributed by atoms with van der Waals surface area (Å²) in [6.45, 7) is 12.7. The van der Waals surface area contributed by atoms with E-state index in [4.69, 9.17) is 15.2 Å². The predicted octanol–water partition coefficient (Wildman–Crippen LogP) is 2.95. The average Bonchev–Trinajstić information content (AvgIpc) is 2.86. The number of carbonyl (C=O) groups excluding carboxylic acids is 5. The number of carbonyl (C=O) groups is 5. The Morgan fingerprint density at radius 1 is 0.900 bits per heavy atom. The molecule has 0 saturated heterocycles. The lowest BCUT2D eigenvalue weighted by Crippen LogP contribution is -2.58. The van der Waals surface area contributed by atoms with Crippen molar-refractivity contribution < 1.29 is 33.4 Å². The fourth-order valence-corrected chi connectivity index (χ4v) is 3.73. The molecule has 0 aromatic heterocycles. The Labute approximate surface area is 237 Å². The second-order valence-corrected chi connectivity index (χ2v) is 11.3. The van der Waals surface area contributed by atoms with Crippen LogP contribution in [0.4, 0.5) is 4.79 Å². The number of rotatable bonds is 15. The van der Waals surface area contributed by atoms with Gasteiger partial charge in [-0.05, 0) is 51.0 Å². The van der Waals surface area contributed by atoms with Crippen LogP contribution in [0, 0.1) is 11.8 Å². The minimum Gasteiger partial charge on any atom is -0.461 e. The Bertz CT molecular complexity index is 992. The number of hydrogen-bond acceptors (Lipinski definition) is 7. The SMILES string of the molecule is CC[C@H](C)[C@H](NC(=O)OC(C)(C)C)C(=O)N[C@H](CC(C)C)C(=O)N[C@@H](CCC(=O)OCc1ccccc1)C(N)=O. The number of primary amides is 1. The van der Waals surface area contributed by atoms with E-state index >= 15 is 0 Å². The molecular formula is C29H46N4O7. The van der Waals surface area contributed by atoms with E-state index in [1.54, 1.807) is 27.7 Å². The molecule has 0 aliphatic carbocycles. The van der Waals surface area contributed by atoms with Crippen LogP contribution in [0.2, 0.25) is 0 Å². The van der Waals surface area contributed by atoms with Crippen LogP contribution in [0.15, 0.2) is 30.3 Å². The maximum atomic E-state index is 13.3. The highest BCUT2D eigenvalue weighted by molar-refractivity contribution is 5.93. The van der Waals surface area contributed by atoms with Crippen molar-refractivity contribution in [2.45, 2.75) is 104 Å². The largest absolute Gasteiger partial charge is 0.461 e. The second-order valence-electron chi connectivity index (χ2n) is 11.3. The molecule has 0 aliphatic rings. The van der Waals surface area contributed by atoms with E-state index in [-0.39, 0.29) is 37.7 Å². The van der Waals surface area contributed by atoms with E-state index in [1.807, 2.05) is 51.1 Å². The van der Waals surface area contributed by atoms with Gasteiger partial charge in [0.1, 0.15) is 30.3 Å². The van der Waals surface area contributed by atoms with Gasteiger partial charge in [-0.15, -0.1) is 0 Å². The molecule has 1 aromatic rings. The monoisotopic (exact) mass is 562 g/mol. The third kappa shape index (κ3) is 13.4. The highest BCUT2D eigenvalue weighted by atomic mass is 16.6. The molecule has 0 saturated carbocycles. The molecule has 5 N–H and O–H groups in total. The zero-order valence-electron chi connectivity index (χ0n) is 24.7. The summed E-state index contributed by atoms with van der Waals surface area (Å²) < 4.78 is 10.5. The minimum absolute atomic E-state index is 0.0110. The van der Waals surface area contributed by atoms with E-state index in [9.17, 15) is 24.0 Å². The smallest absolute Gasteiger partial charge is 0.408 e. The van der Waals surface area contributed by atoms with Gasteiger partial charge in [-0.1, -0.05) is 64.4 Å². The predicted molar refractivity (Wildman–Crippen MR) is 151 cm³/mol. The van der Waals surface area contributed by atoms with E-state index in [2.05, 4.69) is 16.0 Å². The quantitative estimate of drug-likeness (QED) is 0.239. The molecule has 0 bridgehead atoms. The van der Waals surface area contributed by atoms with Gasteiger partial charge in [0.15, 0.2) is 0 Å². The van der Waals surface area contributed by atoms with Crippen LogP contribution in [0.1, 0.15) is 79.7 Å². The van der Waals surface area contributed by atoms with Crippen molar-refractivity contribution in [3.05, 3.63) is 35.9 Å². The van der Waals surface area contributed by atoms with Crippen molar-refractivity contribution in [3.8, 4) is 0 Å². The fourth-order valence-electron chi connectivity index (χ4n) is 3.73. The van der Waals surface area contributed by atoms with Crippen molar-refractivity contribution in [3.63, 3.8) is 0 Å². The van der Waals surface area contributed by atoms with E-state index < -0.39 is 53.5 Å². The lowest BCUT2D eigenvalue weighted by Gasteiger charge is -2.29. The Morgan fingerprint density at radius 3 is 2.02 bits per heavy atom. The summed E-state index contributed by atoms with van der Waals surface area (Å²) in [6, 6.07) is 6.03. The molecule has 0 radical (unpaired) electrons. The number of nitrogens with one attached hydrogen (secondary N) is 3. The van der Waals surface area contributed by atoms with Crippen LogP contribution < -0.4 is 21.7 Å². The van der Waals surface area contributed by atoms with E-state index in [0.29, 0.717) is 6.42 Å². The van der Waals surface area contributed by atoms with Gasteiger partial charge in [0, 0.05) is 6.42 Å². The number of esters is 1. The molecule has 0 aliphatic heterocycles. The Morgan fingerprint density at radius 2 is 1.50 bits per heavy atom. The maximum Gasteiger partial charge on any atom is 0.408 e. The van der Waals surface area contributed by atoms with Crippen molar-refractivity contribution >= 4 is 29.8 Å².